The summed E-state index contributed by atoms with van der Waals surface area (Å²) in [6.45, 7) is 4.26. The molecule has 3 heterocycles. The van der Waals surface area contributed by atoms with Gasteiger partial charge in [0.1, 0.15) is 0 Å². The minimum atomic E-state index is 0.0216. The molecule has 1 spiro atoms. The van der Waals surface area contributed by atoms with Crippen LogP contribution in [-0.4, -0.2) is 28.9 Å². The number of rotatable bonds is 3. The van der Waals surface area contributed by atoms with Gasteiger partial charge in [-0.15, -0.1) is 0 Å². The lowest BCUT2D eigenvalue weighted by Gasteiger charge is -2.48. The van der Waals surface area contributed by atoms with Gasteiger partial charge in [-0.3, -0.25) is 9.69 Å². The first-order valence-electron chi connectivity index (χ1n) is 7.30. The van der Waals surface area contributed by atoms with Crippen molar-refractivity contribution in [1.82, 2.24) is 10.2 Å². The molecule has 1 N–H and O–H groups in total. The molecule has 1 aromatic rings. The molecule has 4 heteroatoms. The van der Waals surface area contributed by atoms with Crippen molar-refractivity contribution in [2.24, 2.45) is 0 Å². The third-order valence-corrected chi connectivity index (χ3v) is 4.69. The standard InChI is InChI=1S/C15H22N2O2/c1-2-13-15(7-4-14(18)16-15)6-3-8-17(13)10-12-5-9-19-11-12/h5,9,11,13H,2-4,6-8,10H2,1H3,(H,16,18)/t13-,15-/m0/s1. The Balaban J connectivity index is 1.78. The van der Waals surface area contributed by atoms with Gasteiger partial charge in [0.05, 0.1) is 18.1 Å². The maximum atomic E-state index is 11.7. The molecule has 2 saturated heterocycles. The monoisotopic (exact) mass is 262 g/mol. The van der Waals surface area contributed by atoms with Gasteiger partial charge in [-0.25, -0.2) is 0 Å². The number of likely N-dealkylation sites (tertiary alicyclic amines) is 1. The highest BCUT2D eigenvalue weighted by Gasteiger charge is 2.47. The lowest BCUT2D eigenvalue weighted by atomic mass is 9.78. The Kier molecular flexibility index (Phi) is 3.35. The second-order valence-electron chi connectivity index (χ2n) is 5.83. The second-order valence-corrected chi connectivity index (χ2v) is 5.83. The Hall–Kier alpha value is -1.29. The van der Waals surface area contributed by atoms with Crippen molar-refractivity contribution < 1.29 is 9.21 Å². The normalized spacial score (nSPS) is 31.8. The highest BCUT2D eigenvalue weighted by molar-refractivity contribution is 5.79. The van der Waals surface area contributed by atoms with Crippen LogP contribution in [-0.2, 0) is 11.3 Å². The second kappa shape index (κ2) is 5.00. The molecule has 2 aliphatic heterocycles. The third kappa shape index (κ3) is 2.29. The van der Waals surface area contributed by atoms with E-state index >= 15 is 0 Å². The lowest BCUT2D eigenvalue weighted by Crippen LogP contribution is -2.61. The van der Waals surface area contributed by atoms with Crippen LogP contribution >= 0.6 is 0 Å². The summed E-state index contributed by atoms with van der Waals surface area (Å²) in [5, 5.41) is 3.28. The summed E-state index contributed by atoms with van der Waals surface area (Å²) in [4.78, 5) is 14.2. The average molecular weight is 262 g/mol. The number of carbonyl (C=O) groups excluding carboxylic acids is 1. The molecule has 2 aliphatic rings. The number of nitrogens with zero attached hydrogens (tertiary/aromatic N) is 1. The molecule has 0 aromatic carbocycles. The van der Waals surface area contributed by atoms with Gasteiger partial charge < -0.3 is 9.73 Å². The minimum absolute atomic E-state index is 0.0216. The molecule has 0 radical (unpaired) electrons. The zero-order chi connectivity index (χ0) is 13.3. The number of hydrogen-bond donors (Lipinski definition) is 1. The summed E-state index contributed by atoms with van der Waals surface area (Å²) in [5.41, 5.74) is 1.24. The summed E-state index contributed by atoms with van der Waals surface area (Å²) >= 11 is 0. The highest BCUT2D eigenvalue weighted by Crippen LogP contribution is 2.37. The van der Waals surface area contributed by atoms with Gasteiger partial charge in [0.25, 0.3) is 0 Å². The van der Waals surface area contributed by atoms with Crippen LogP contribution in [0.15, 0.2) is 23.0 Å². The zero-order valence-electron chi connectivity index (χ0n) is 11.5. The van der Waals surface area contributed by atoms with Gasteiger partial charge in [0.2, 0.25) is 5.91 Å². The molecular formula is C15H22N2O2. The van der Waals surface area contributed by atoms with E-state index in [0.717, 1.165) is 38.8 Å². The lowest BCUT2D eigenvalue weighted by molar-refractivity contribution is -0.120. The summed E-state index contributed by atoms with van der Waals surface area (Å²) in [7, 11) is 0. The Bertz CT molecular complexity index is 443. The predicted molar refractivity (Wildman–Crippen MR) is 72.5 cm³/mol. The number of carbonyl (C=O) groups is 1. The van der Waals surface area contributed by atoms with Crippen LogP contribution in [0.5, 0.6) is 0 Å². The minimum Gasteiger partial charge on any atom is -0.472 e. The molecule has 0 aliphatic carbocycles. The smallest absolute Gasteiger partial charge is 0.220 e. The topological polar surface area (TPSA) is 45.5 Å². The first-order valence-corrected chi connectivity index (χ1v) is 7.30. The van der Waals surface area contributed by atoms with Gasteiger partial charge in [-0.1, -0.05) is 6.92 Å². The van der Waals surface area contributed by atoms with Crippen LogP contribution in [0.3, 0.4) is 0 Å². The van der Waals surface area contributed by atoms with Crippen molar-refractivity contribution in [3.63, 3.8) is 0 Å². The fraction of sp³-hybridized carbons (Fsp3) is 0.667. The van der Waals surface area contributed by atoms with E-state index in [9.17, 15) is 4.79 Å². The van der Waals surface area contributed by atoms with Gasteiger partial charge in [0, 0.05) is 24.6 Å². The Morgan fingerprint density at radius 2 is 2.42 bits per heavy atom. The van der Waals surface area contributed by atoms with Crippen LogP contribution < -0.4 is 5.32 Å². The Morgan fingerprint density at radius 3 is 3.05 bits per heavy atom. The predicted octanol–water partition coefficient (Wildman–Crippen LogP) is 2.30. The quantitative estimate of drug-likeness (QED) is 0.909. The molecule has 1 aromatic heterocycles. The molecule has 4 nitrogen and oxygen atoms in total. The summed E-state index contributed by atoms with van der Waals surface area (Å²) in [5.74, 6) is 0.226. The number of nitrogens with one attached hydrogen (secondary N) is 1. The molecule has 3 rings (SSSR count). The first kappa shape index (κ1) is 12.7. The van der Waals surface area contributed by atoms with E-state index in [1.54, 1.807) is 6.26 Å². The van der Waals surface area contributed by atoms with Crippen LogP contribution in [0.25, 0.3) is 0 Å². The zero-order valence-corrected chi connectivity index (χ0v) is 11.5. The van der Waals surface area contributed by atoms with E-state index < -0.39 is 0 Å². The van der Waals surface area contributed by atoms with Gasteiger partial charge in [0.15, 0.2) is 0 Å². The van der Waals surface area contributed by atoms with Crippen LogP contribution in [0.2, 0.25) is 0 Å². The van der Waals surface area contributed by atoms with Crippen molar-refractivity contribution in [2.75, 3.05) is 6.54 Å². The highest BCUT2D eigenvalue weighted by atomic mass is 16.3. The van der Waals surface area contributed by atoms with E-state index in [1.807, 2.05) is 12.3 Å². The van der Waals surface area contributed by atoms with Crippen LogP contribution in [0.1, 0.15) is 44.6 Å². The van der Waals surface area contributed by atoms with Crippen molar-refractivity contribution >= 4 is 5.91 Å². The average Bonchev–Trinajstić information content (AvgIpc) is 3.01. The van der Waals surface area contributed by atoms with Crippen LogP contribution in [0.4, 0.5) is 0 Å². The molecule has 0 saturated carbocycles. The summed E-state index contributed by atoms with van der Waals surface area (Å²) in [6, 6.07) is 2.48. The number of piperidine rings is 1. The maximum absolute atomic E-state index is 11.7. The van der Waals surface area contributed by atoms with Crippen LogP contribution in [0, 0.1) is 0 Å². The molecular weight excluding hydrogens is 240 g/mol. The largest absolute Gasteiger partial charge is 0.472 e. The molecule has 104 valence electrons. The van der Waals surface area contributed by atoms with Gasteiger partial charge in [-0.05, 0) is 38.3 Å². The SMILES string of the molecule is CC[C@@H]1N(Cc2ccoc2)CCC[C@]12CCC(=O)N2. The fourth-order valence-corrected chi connectivity index (χ4v) is 3.90. The Morgan fingerprint density at radius 1 is 1.53 bits per heavy atom. The molecule has 2 fully saturated rings. The first-order chi connectivity index (χ1) is 9.23. The molecule has 0 unspecified atom stereocenters. The van der Waals surface area contributed by atoms with Crippen molar-refractivity contribution in [1.29, 1.82) is 0 Å². The van der Waals surface area contributed by atoms with E-state index in [0.29, 0.717) is 12.5 Å². The van der Waals surface area contributed by atoms with E-state index in [4.69, 9.17) is 4.42 Å². The Labute approximate surface area is 114 Å². The summed E-state index contributed by atoms with van der Waals surface area (Å²) < 4.78 is 5.16. The van der Waals surface area contributed by atoms with Gasteiger partial charge in [-0.2, -0.15) is 0 Å². The van der Waals surface area contributed by atoms with Crippen molar-refractivity contribution in [3.05, 3.63) is 24.2 Å². The van der Waals surface area contributed by atoms with E-state index in [1.165, 1.54) is 5.56 Å². The van der Waals surface area contributed by atoms with Crippen molar-refractivity contribution in [3.8, 4) is 0 Å². The van der Waals surface area contributed by atoms with Crippen molar-refractivity contribution in [2.45, 2.75) is 57.2 Å². The van der Waals surface area contributed by atoms with E-state index in [-0.39, 0.29) is 11.4 Å². The van der Waals surface area contributed by atoms with Gasteiger partial charge >= 0.3 is 0 Å². The molecule has 2 atom stereocenters. The number of furan rings is 1. The molecule has 1 amide bonds. The van der Waals surface area contributed by atoms with E-state index in [2.05, 4.69) is 17.1 Å². The molecule has 19 heavy (non-hydrogen) atoms. The molecule has 0 bridgehead atoms. The maximum Gasteiger partial charge on any atom is 0.220 e. The fourth-order valence-electron chi connectivity index (χ4n) is 3.90. The number of hydrogen-bond acceptors (Lipinski definition) is 3. The third-order valence-electron chi connectivity index (χ3n) is 4.69. The summed E-state index contributed by atoms with van der Waals surface area (Å²) in [6.07, 6.45) is 8.60. The number of amides is 1.